The van der Waals surface area contributed by atoms with Crippen LogP contribution < -0.4 is 5.32 Å². The lowest BCUT2D eigenvalue weighted by Crippen LogP contribution is -2.03. The van der Waals surface area contributed by atoms with Gasteiger partial charge in [0.1, 0.15) is 5.82 Å². The molecule has 0 fully saturated rings. The van der Waals surface area contributed by atoms with Crippen molar-refractivity contribution in [2.45, 2.75) is 6.92 Å². The van der Waals surface area contributed by atoms with E-state index in [1.54, 1.807) is 0 Å². The Balaban J connectivity index is 2.42. The summed E-state index contributed by atoms with van der Waals surface area (Å²) < 4.78 is 2.23. The predicted octanol–water partition coefficient (Wildman–Crippen LogP) is 3.78. The van der Waals surface area contributed by atoms with Gasteiger partial charge in [-0.25, -0.2) is 9.97 Å². The van der Waals surface area contributed by atoms with Crippen molar-refractivity contribution in [1.29, 1.82) is 0 Å². The van der Waals surface area contributed by atoms with E-state index in [9.17, 15) is 0 Å². The first-order chi connectivity index (χ1) is 8.20. The number of halogens is 2. The molecule has 1 aromatic carbocycles. The minimum Gasteiger partial charge on any atom is -0.369 e. The second-order valence-electron chi connectivity index (χ2n) is 3.43. The zero-order chi connectivity index (χ0) is 12.3. The van der Waals surface area contributed by atoms with E-state index in [1.807, 2.05) is 18.3 Å². The summed E-state index contributed by atoms with van der Waals surface area (Å²) in [5.74, 6) is 1.66. The van der Waals surface area contributed by atoms with E-state index in [0.29, 0.717) is 0 Å². The van der Waals surface area contributed by atoms with E-state index in [-0.39, 0.29) is 0 Å². The van der Waals surface area contributed by atoms with E-state index < -0.39 is 0 Å². The zero-order valence-corrected chi connectivity index (χ0v) is 13.6. The molecule has 2 aromatic rings. The van der Waals surface area contributed by atoms with Gasteiger partial charge in [0.2, 0.25) is 0 Å². The third-order valence-corrected chi connectivity index (χ3v) is 3.63. The van der Waals surface area contributed by atoms with Crippen LogP contribution in [0.25, 0.3) is 11.4 Å². The van der Waals surface area contributed by atoms with Crippen LogP contribution in [-0.2, 0) is 0 Å². The molecule has 0 aliphatic heterocycles. The standard InChI is InChI=1S/C12H11I2N3/c1-2-15-12-10(14)7-16-11(17-12)8-4-3-5-9(13)6-8/h3-7H,2H2,1H3,(H,15,16,17). The van der Waals surface area contributed by atoms with Gasteiger partial charge >= 0.3 is 0 Å². The summed E-state index contributed by atoms with van der Waals surface area (Å²) in [6.45, 7) is 2.92. The number of nitrogens with one attached hydrogen (secondary N) is 1. The summed E-state index contributed by atoms with van der Waals surface area (Å²) in [7, 11) is 0. The van der Waals surface area contributed by atoms with Crippen LogP contribution in [0.5, 0.6) is 0 Å². The molecule has 0 atom stereocenters. The van der Waals surface area contributed by atoms with Gasteiger partial charge in [0.25, 0.3) is 0 Å². The lowest BCUT2D eigenvalue weighted by Gasteiger charge is -2.07. The molecule has 17 heavy (non-hydrogen) atoms. The van der Waals surface area contributed by atoms with Crippen LogP contribution in [0.4, 0.5) is 5.82 Å². The van der Waals surface area contributed by atoms with E-state index in [0.717, 1.165) is 27.3 Å². The second kappa shape index (κ2) is 5.94. The fraction of sp³-hybridized carbons (Fsp3) is 0.167. The van der Waals surface area contributed by atoms with Gasteiger partial charge in [-0.15, -0.1) is 0 Å². The van der Waals surface area contributed by atoms with Crippen LogP contribution in [0.2, 0.25) is 0 Å². The van der Waals surface area contributed by atoms with Gasteiger partial charge in [-0.3, -0.25) is 0 Å². The van der Waals surface area contributed by atoms with E-state index in [4.69, 9.17) is 0 Å². The molecule has 1 N–H and O–H groups in total. The maximum absolute atomic E-state index is 4.54. The third kappa shape index (κ3) is 3.27. The third-order valence-electron chi connectivity index (χ3n) is 2.17. The first kappa shape index (κ1) is 13.0. The molecule has 0 saturated carbocycles. The van der Waals surface area contributed by atoms with E-state index in [2.05, 4.69) is 79.5 Å². The van der Waals surface area contributed by atoms with Crippen LogP contribution in [0.1, 0.15) is 6.92 Å². The molecule has 1 aromatic heterocycles. The molecule has 1 heterocycles. The molecule has 3 nitrogen and oxygen atoms in total. The normalized spacial score (nSPS) is 10.3. The average molecular weight is 451 g/mol. The molecule has 0 bridgehead atoms. The number of benzene rings is 1. The Kier molecular flexibility index (Phi) is 4.55. The lowest BCUT2D eigenvalue weighted by molar-refractivity contribution is 1.10. The van der Waals surface area contributed by atoms with Crippen LogP contribution in [-0.4, -0.2) is 16.5 Å². The van der Waals surface area contributed by atoms with Gasteiger partial charge in [-0.1, -0.05) is 12.1 Å². The lowest BCUT2D eigenvalue weighted by atomic mass is 10.2. The molecular formula is C12H11I2N3. The quantitative estimate of drug-likeness (QED) is 0.723. The molecular weight excluding hydrogens is 440 g/mol. The van der Waals surface area contributed by atoms with Crippen LogP contribution in [0.15, 0.2) is 30.5 Å². The van der Waals surface area contributed by atoms with Crippen LogP contribution >= 0.6 is 45.2 Å². The SMILES string of the molecule is CCNc1nc(-c2cccc(I)c2)ncc1I. The molecule has 0 amide bonds. The fourth-order valence-corrected chi connectivity index (χ4v) is 2.42. The molecule has 0 spiro atoms. The maximum atomic E-state index is 4.54. The Labute approximate surface area is 128 Å². The largest absolute Gasteiger partial charge is 0.369 e. The highest BCUT2D eigenvalue weighted by molar-refractivity contribution is 14.1. The number of anilines is 1. The second-order valence-corrected chi connectivity index (χ2v) is 5.84. The summed E-state index contributed by atoms with van der Waals surface area (Å²) in [4.78, 5) is 8.91. The number of aromatic nitrogens is 2. The first-order valence-electron chi connectivity index (χ1n) is 5.23. The Hall–Kier alpha value is -0.440. The Bertz CT molecular complexity index is 529. The molecule has 0 radical (unpaired) electrons. The molecule has 0 aliphatic carbocycles. The Morgan fingerprint density at radius 3 is 2.82 bits per heavy atom. The topological polar surface area (TPSA) is 37.8 Å². The summed E-state index contributed by atoms with van der Waals surface area (Å²) >= 11 is 4.53. The average Bonchev–Trinajstić information content (AvgIpc) is 2.32. The number of rotatable bonds is 3. The number of hydrogen-bond acceptors (Lipinski definition) is 3. The predicted molar refractivity (Wildman–Crippen MR) is 87.1 cm³/mol. The van der Waals surface area contributed by atoms with Crippen molar-refractivity contribution in [3.05, 3.63) is 37.6 Å². The van der Waals surface area contributed by atoms with Crippen molar-refractivity contribution in [1.82, 2.24) is 9.97 Å². The van der Waals surface area contributed by atoms with Gasteiger partial charge in [0, 0.05) is 21.9 Å². The Morgan fingerprint density at radius 2 is 2.12 bits per heavy atom. The minimum absolute atomic E-state index is 0.764. The van der Waals surface area contributed by atoms with E-state index in [1.165, 1.54) is 3.57 Å². The molecule has 0 unspecified atom stereocenters. The summed E-state index contributed by atoms with van der Waals surface area (Å²) in [6, 6.07) is 8.19. The monoisotopic (exact) mass is 451 g/mol. The van der Waals surface area contributed by atoms with Gasteiger partial charge in [-0.2, -0.15) is 0 Å². The maximum Gasteiger partial charge on any atom is 0.161 e. The minimum atomic E-state index is 0.764. The van der Waals surface area contributed by atoms with Crippen molar-refractivity contribution in [3.8, 4) is 11.4 Å². The molecule has 88 valence electrons. The van der Waals surface area contributed by atoms with Crippen molar-refractivity contribution in [2.75, 3.05) is 11.9 Å². The van der Waals surface area contributed by atoms with Crippen molar-refractivity contribution >= 4 is 51.0 Å². The van der Waals surface area contributed by atoms with Crippen LogP contribution in [0, 0.1) is 7.14 Å². The molecule has 5 heteroatoms. The van der Waals surface area contributed by atoms with Crippen molar-refractivity contribution in [3.63, 3.8) is 0 Å². The van der Waals surface area contributed by atoms with Crippen molar-refractivity contribution in [2.24, 2.45) is 0 Å². The van der Waals surface area contributed by atoms with E-state index >= 15 is 0 Å². The number of nitrogens with zero attached hydrogens (tertiary/aromatic N) is 2. The number of hydrogen-bond donors (Lipinski definition) is 1. The van der Waals surface area contributed by atoms with Gasteiger partial charge in [-0.05, 0) is 64.2 Å². The summed E-state index contributed by atoms with van der Waals surface area (Å²) in [5.41, 5.74) is 1.05. The van der Waals surface area contributed by atoms with Gasteiger partial charge in [0.05, 0.1) is 3.57 Å². The summed E-state index contributed by atoms with van der Waals surface area (Å²) in [5, 5.41) is 3.24. The van der Waals surface area contributed by atoms with Crippen LogP contribution in [0.3, 0.4) is 0 Å². The smallest absolute Gasteiger partial charge is 0.161 e. The highest BCUT2D eigenvalue weighted by Gasteiger charge is 2.06. The Morgan fingerprint density at radius 1 is 1.29 bits per heavy atom. The van der Waals surface area contributed by atoms with Gasteiger partial charge < -0.3 is 5.32 Å². The zero-order valence-electron chi connectivity index (χ0n) is 9.24. The van der Waals surface area contributed by atoms with Gasteiger partial charge in [0.15, 0.2) is 5.82 Å². The fourth-order valence-electron chi connectivity index (χ4n) is 1.43. The highest BCUT2D eigenvalue weighted by Crippen LogP contribution is 2.21. The highest BCUT2D eigenvalue weighted by atomic mass is 127. The molecule has 2 rings (SSSR count). The summed E-state index contributed by atoms with van der Waals surface area (Å²) in [6.07, 6.45) is 1.85. The molecule has 0 saturated heterocycles. The first-order valence-corrected chi connectivity index (χ1v) is 7.39. The van der Waals surface area contributed by atoms with Crippen molar-refractivity contribution < 1.29 is 0 Å². The molecule has 0 aliphatic rings.